The van der Waals surface area contributed by atoms with Gasteiger partial charge < -0.3 is 19.7 Å². The molecule has 0 saturated carbocycles. The fraction of sp³-hybridized carbons (Fsp3) is 0.304. The highest BCUT2D eigenvalue weighted by molar-refractivity contribution is 5.90. The summed E-state index contributed by atoms with van der Waals surface area (Å²) in [5.74, 6) is -2.80. The van der Waals surface area contributed by atoms with Gasteiger partial charge in [-0.05, 0) is 42.5 Å². The van der Waals surface area contributed by atoms with Crippen molar-refractivity contribution in [3.63, 3.8) is 0 Å². The minimum atomic E-state index is -1.03. The SMILES string of the molecule is O=C(O)CCn1cc([C@@H](C(=O)O)N2CCN(c3ccc(F)cc3)CC2)c2ccc(F)cc21. The molecule has 2 heterocycles. The minimum Gasteiger partial charge on any atom is -0.481 e. The van der Waals surface area contributed by atoms with Crippen LogP contribution in [0.25, 0.3) is 10.9 Å². The molecule has 0 bridgehead atoms. The molecule has 7 nitrogen and oxygen atoms in total. The van der Waals surface area contributed by atoms with E-state index in [-0.39, 0.29) is 18.8 Å². The molecule has 4 rings (SSSR count). The van der Waals surface area contributed by atoms with Gasteiger partial charge in [0, 0.05) is 55.6 Å². The Morgan fingerprint density at radius 1 is 0.938 bits per heavy atom. The number of aryl methyl sites for hydroxylation is 1. The molecule has 0 unspecified atom stereocenters. The number of aliphatic carboxylic acids is 2. The van der Waals surface area contributed by atoms with E-state index in [1.54, 1.807) is 29.0 Å². The van der Waals surface area contributed by atoms with Crippen molar-refractivity contribution in [1.29, 1.82) is 0 Å². The topological polar surface area (TPSA) is 86.0 Å². The van der Waals surface area contributed by atoms with Gasteiger partial charge >= 0.3 is 11.9 Å². The van der Waals surface area contributed by atoms with E-state index in [9.17, 15) is 23.5 Å². The van der Waals surface area contributed by atoms with Crippen molar-refractivity contribution < 1.29 is 28.6 Å². The number of carboxylic acids is 2. The van der Waals surface area contributed by atoms with Gasteiger partial charge in [0.25, 0.3) is 0 Å². The predicted octanol–water partition coefficient (Wildman–Crippen LogP) is 3.34. The molecule has 2 aromatic carbocycles. The van der Waals surface area contributed by atoms with Gasteiger partial charge in [-0.3, -0.25) is 14.5 Å². The molecule has 1 aliphatic rings. The van der Waals surface area contributed by atoms with Gasteiger partial charge in [-0.1, -0.05) is 0 Å². The third-order valence-electron chi connectivity index (χ3n) is 5.84. The van der Waals surface area contributed by atoms with E-state index in [2.05, 4.69) is 4.90 Å². The van der Waals surface area contributed by atoms with E-state index >= 15 is 0 Å². The number of nitrogens with zero attached hydrogens (tertiary/aromatic N) is 3. The lowest BCUT2D eigenvalue weighted by molar-refractivity contribution is -0.143. The Morgan fingerprint density at radius 3 is 2.22 bits per heavy atom. The zero-order valence-electron chi connectivity index (χ0n) is 17.2. The number of carbonyl (C=O) groups is 2. The lowest BCUT2D eigenvalue weighted by atomic mass is 10.0. The van der Waals surface area contributed by atoms with Crippen LogP contribution in [0.1, 0.15) is 18.0 Å². The lowest BCUT2D eigenvalue weighted by Crippen LogP contribution is -2.49. The van der Waals surface area contributed by atoms with Crippen LogP contribution in [0.5, 0.6) is 0 Å². The molecule has 9 heteroatoms. The molecule has 32 heavy (non-hydrogen) atoms. The first-order valence-corrected chi connectivity index (χ1v) is 10.3. The number of anilines is 1. The molecule has 1 aliphatic heterocycles. The third-order valence-corrected chi connectivity index (χ3v) is 5.84. The zero-order valence-corrected chi connectivity index (χ0v) is 17.2. The van der Waals surface area contributed by atoms with Crippen LogP contribution in [0.4, 0.5) is 14.5 Å². The van der Waals surface area contributed by atoms with Crippen LogP contribution in [-0.2, 0) is 16.1 Å². The van der Waals surface area contributed by atoms with Crippen molar-refractivity contribution in [1.82, 2.24) is 9.47 Å². The van der Waals surface area contributed by atoms with Crippen LogP contribution in [-0.4, -0.2) is 57.8 Å². The second-order valence-corrected chi connectivity index (χ2v) is 7.82. The van der Waals surface area contributed by atoms with E-state index in [0.29, 0.717) is 42.6 Å². The van der Waals surface area contributed by atoms with Gasteiger partial charge in [-0.2, -0.15) is 0 Å². The maximum Gasteiger partial charge on any atom is 0.325 e. The van der Waals surface area contributed by atoms with E-state index in [1.807, 2.05) is 4.90 Å². The number of hydrogen-bond acceptors (Lipinski definition) is 4. The van der Waals surface area contributed by atoms with E-state index < -0.39 is 23.8 Å². The van der Waals surface area contributed by atoms with Gasteiger partial charge in [0.2, 0.25) is 0 Å². The smallest absolute Gasteiger partial charge is 0.325 e. The summed E-state index contributed by atoms with van der Waals surface area (Å²) < 4.78 is 28.7. The van der Waals surface area contributed by atoms with Crippen LogP contribution in [0.3, 0.4) is 0 Å². The molecule has 2 N–H and O–H groups in total. The monoisotopic (exact) mass is 443 g/mol. The molecule has 0 amide bonds. The molecule has 1 fully saturated rings. The largest absolute Gasteiger partial charge is 0.481 e. The number of carboxylic acid groups (broad SMARTS) is 2. The highest BCUT2D eigenvalue weighted by Crippen LogP contribution is 2.32. The van der Waals surface area contributed by atoms with Crippen LogP contribution in [0.15, 0.2) is 48.7 Å². The Morgan fingerprint density at radius 2 is 1.59 bits per heavy atom. The maximum atomic E-state index is 13.9. The number of aromatic nitrogens is 1. The first-order chi connectivity index (χ1) is 15.3. The molecule has 0 radical (unpaired) electrons. The van der Waals surface area contributed by atoms with Crippen molar-refractivity contribution >= 4 is 28.5 Å². The van der Waals surface area contributed by atoms with Crippen LogP contribution in [0.2, 0.25) is 0 Å². The number of fused-ring (bicyclic) bond motifs is 1. The Labute approximate surface area is 183 Å². The standard InChI is InChI=1S/C23H23F2N3O4/c24-15-1-4-17(5-2-15)26-9-11-27(12-10-26)22(23(31)32)19-14-28(8-7-21(29)30)20-13-16(25)3-6-18(19)20/h1-6,13-14,22H,7-12H2,(H,29,30)(H,31,32)/t22-/m0/s1. The second kappa shape index (κ2) is 8.96. The second-order valence-electron chi connectivity index (χ2n) is 7.82. The summed E-state index contributed by atoms with van der Waals surface area (Å²) in [5.41, 5.74) is 1.85. The summed E-state index contributed by atoms with van der Waals surface area (Å²) in [5, 5.41) is 19.7. The van der Waals surface area contributed by atoms with Gasteiger partial charge in [-0.25, -0.2) is 8.78 Å². The molecule has 0 aliphatic carbocycles. The van der Waals surface area contributed by atoms with E-state index in [1.165, 1.54) is 24.3 Å². The quantitative estimate of drug-likeness (QED) is 0.583. The van der Waals surface area contributed by atoms with Crippen molar-refractivity contribution in [2.24, 2.45) is 0 Å². The number of halogens is 2. The number of benzene rings is 2. The third kappa shape index (κ3) is 4.43. The van der Waals surface area contributed by atoms with E-state index in [0.717, 1.165) is 5.69 Å². The highest BCUT2D eigenvalue weighted by Gasteiger charge is 2.33. The molecule has 3 aromatic rings. The lowest BCUT2D eigenvalue weighted by Gasteiger charge is -2.38. The fourth-order valence-electron chi connectivity index (χ4n) is 4.29. The first-order valence-electron chi connectivity index (χ1n) is 10.3. The number of hydrogen-bond donors (Lipinski definition) is 2. The molecule has 0 spiro atoms. The minimum absolute atomic E-state index is 0.111. The highest BCUT2D eigenvalue weighted by atomic mass is 19.1. The van der Waals surface area contributed by atoms with Gasteiger partial charge in [-0.15, -0.1) is 0 Å². The number of rotatable bonds is 7. The molecular weight excluding hydrogens is 420 g/mol. The van der Waals surface area contributed by atoms with Crippen LogP contribution < -0.4 is 4.90 Å². The maximum absolute atomic E-state index is 13.9. The molecule has 168 valence electrons. The summed E-state index contributed by atoms with van der Waals surface area (Å²) in [7, 11) is 0. The van der Waals surface area contributed by atoms with Gasteiger partial charge in [0.1, 0.15) is 17.7 Å². The summed E-state index contributed by atoms with van der Waals surface area (Å²) in [6.45, 7) is 2.19. The molecule has 1 aromatic heterocycles. The molecule has 1 atom stereocenters. The van der Waals surface area contributed by atoms with Crippen molar-refractivity contribution in [2.75, 3.05) is 31.1 Å². The normalized spacial score (nSPS) is 15.8. The Balaban J connectivity index is 1.61. The van der Waals surface area contributed by atoms with Crippen molar-refractivity contribution in [3.8, 4) is 0 Å². The van der Waals surface area contributed by atoms with E-state index in [4.69, 9.17) is 5.11 Å². The fourth-order valence-corrected chi connectivity index (χ4v) is 4.29. The Hall–Kier alpha value is -3.46. The van der Waals surface area contributed by atoms with Gasteiger partial charge in [0.05, 0.1) is 11.9 Å². The molecule has 1 saturated heterocycles. The Kier molecular flexibility index (Phi) is 6.09. The van der Waals surface area contributed by atoms with Crippen molar-refractivity contribution in [3.05, 3.63) is 65.9 Å². The summed E-state index contributed by atoms with van der Waals surface area (Å²) in [4.78, 5) is 27.2. The predicted molar refractivity (Wildman–Crippen MR) is 115 cm³/mol. The zero-order chi connectivity index (χ0) is 22.8. The summed E-state index contributed by atoms with van der Waals surface area (Å²) >= 11 is 0. The van der Waals surface area contributed by atoms with Crippen LogP contribution >= 0.6 is 0 Å². The Bertz CT molecular complexity index is 1140. The average molecular weight is 443 g/mol. The molecular formula is C23H23F2N3O4. The van der Waals surface area contributed by atoms with Crippen LogP contribution in [0, 0.1) is 11.6 Å². The van der Waals surface area contributed by atoms with Crippen molar-refractivity contribution in [2.45, 2.75) is 19.0 Å². The summed E-state index contributed by atoms with van der Waals surface area (Å²) in [6.07, 6.45) is 1.46. The average Bonchev–Trinajstić information content (AvgIpc) is 3.10. The number of piperazine rings is 1. The van der Waals surface area contributed by atoms with Gasteiger partial charge in [0.15, 0.2) is 0 Å². The first kappa shape index (κ1) is 21.8. The summed E-state index contributed by atoms with van der Waals surface area (Å²) in [6, 6.07) is 9.35.